The zero-order valence-corrected chi connectivity index (χ0v) is 8.55. The molecule has 0 radical (unpaired) electrons. The number of hydrogen-bond acceptors (Lipinski definition) is 2. The van der Waals surface area contributed by atoms with Crippen LogP contribution >= 0.6 is 0 Å². The molecule has 1 aliphatic carbocycles. The predicted octanol–water partition coefficient (Wildman–Crippen LogP) is 2.13. The van der Waals surface area contributed by atoms with E-state index in [1.54, 1.807) is 6.20 Å². The summed E-state index contributed by atoms with van der Waals surface area (Å²) < 4.78 is 0. The van der Waals surface area contributed by atoms with Crippen molar-refractivity contribution in [2.24, 2.45) is 0 Å². The van der Waals surface area contributed by atoms with Crippen molar-refractivity contribution in [3.8, 4) is 0 Å². The lowest BCUT2D eigenvalue weighted by atomic mass is 9.87. The number of hydrogen-bond donors (Lipinski definition) is 1. The molecular weight excluding hydrogens is 176 g/mol. The fourth-order valence-electron chi connectivity index (χ4n) is 2.17. The molecule has 3 nitrogen and oxygen atoms in total. The Morgan fingerprint density at radius 1 is 1.36 bits per heavy atom. The van der Waals surface area contributed by atoms with Gasteiger partial charge in [-0.05, 0) is 19.8 Å². The van der Waals surface area contributed by atoms with Crippen molar-refractivity contribution in [3.05, 3.63) is 27.9 Å². The van der Waals surface area contributed by atoms with Crippen molar-refractivity contribution in [2.75, 3.05) is 0 Å². The summed E-state index contributed by atoms with van der Waals surface area (Å²) >= 11 is 0. The number of aromatic amines is 1. The van der Waals surface area contributed by atoms with Gasteiger partial charge in [-0.3, -0.25) is 9.78 Å². The normalized spacial score (nSPS) is 18.4. The summed E-state index contributed by atoms with van der Waals surface area (Å²) in [6.45, 7) is 1.86. The van der Waals surface area contributed by atoms with E-state index in [-0.39, 0.29) is 5.56 Å². The average Bonchev–Trinajstić information content (AvgIpc) is 2.19. The van der Waals surface area contributed by atoms with Gasteiger partial charge in [0.1, 0.15) is 5.69 Å². The van der Waals surface area contributed by atoms with Crippen LogP contribution in [0.25, 0.3) is 0 Å². The van der Waals surface area contributed by atoms with Crippen LogP contribution in [0.2, 0.25) is 0 Å². The van der Waals surface area contributed by atoms with Crippen molar-refractivity contribution in [1.82, 2.24) is 9.97 Å². The smallest absolute Gasteiger partial charge is 0.270 e. The van der Waals surface area contributed by atoms with Gasteiger partial charge in [0.15, 0.2) is 0 Å². The third-order valence-corrected chi connectivity index (χ3v) is 2.93. The molecule has 0 amide bonds. The van der Waals surface area contributed by atoms with E-state index >= 15 is 0 Å². The highest BCUT2D eigenvalue weighted by molar-refractivity contribution is 5.07. The Balaban J connectivity index is 2.26. The SMILES string of the molecule is Cc1cnc(C2CCCCC2)c(=O)[nH]1. The summed E-state index contributed by atoms with van der Waals surface area (Å²) in [4.78, 5) is 18.7. The maximum absolute atomic E-state index is 11.6. The van der Waals surface area contributed by atoms with Crippen molar-refractivity contribution < 1.29 is 0 Å². The van der Waals surface area contributed by atoms with Crippen LogP contribution in [0, 0.1) is 6.92 Å². The first kappa shape index (κ1) is 9.44. The molecule has 0 unspecified atom stereocenters. The van der Waals surface area contributed by atoms with E-state index in [0.29, 0.717) is 5.92 Å². The van der Waals surface area contributed by atoms with Crippen molar-refractivity contribution in [3.63, 3.8) is 0 Å². The van der Waals surface area contributed by atoms with Gasteiger partial charge in [-0.1, -0.05) is 19.3 Å². The zero-order chi connectivity index (χ0) is 9.97. The maximum Gasteiger partial charge on any atom is 0.270 e. The summed E-state index contributed by atoms with van der Waals surface area (Å²) in [5.74, 6) is 0.396. The summed E-state index contributed by atoms with van der Waals surface area (Å²) in [5, 5.41) is 0. The van der Waals surface area contributed by atoms with Crippen LogP contribution in [0.3, 0.4) is 0 Å². The van der Waals surface area contributed by atoms with Gasteiger partial charge >= 0.3 is 0 Å². The summed E-state index contributed by atoms with van der Waals surface area (Å²) in [7, 11) is 0. The van der Waals surface area contributed by atoms with E-state index < -0.39 is 0 Å². The molecule has 1 aromatic heterocycles. The Kier molecular flexibility index (Phi) is 2.66. The number of H-pyrrole nitrogens is 1. The Morgan fingerprint density at radius 2 is 2.07 bits per heavy atom. The molecule has 14 heavy (non-hydrogen) atoms. The highest BCUT2D eigenvalue weighted by Gasteiger charge is 2.19. The molecule has 0 aliphatic heterocycles. The van der Waals surface area contributed by atoms with Crippen LogP contribution in [0.4, 0.5) is 0 Å². The van der Waals surface area contributed by atoms with Crippen LogP contribution in [0.15, 0.2) is 11.0 Å². The topological polar surface area (TPSA) is 45.8 Å². The van der Waals surface area contributed by atoms with Gasteiger partial charge in [0, 0.05) is 17.8 Å². The Labute approximate surface area is 83.6 Å². The van der Waals surface area contributed by atoms with Crippen molar-refractivity contribution in [1.29, 1.82) is 0 Å². The number of nitrogens with one attached hydrogen (secondary N) is 1. The highest BCUT2D eigenvalue weighted by Crippen LogP contribution is 2.29. The van der Waals surface area contributed by atoms with E-state index in [4.69, 9.17) is 0 Å². The van der Waals surface area contributed by atoms with Gasteiger partial charge in [0.2, 0.25) is 0 Å². The first-order chi connectivity index (χ1) is 6.77. The number of nitrogens with zero attached hydrogens (tertiary/aromatic N) is 1. The van der Waals surface area contributed by atoms with E-state index in [9.17, 15) is 4.79 Å². The van der Waals surface area contributed by atoms with Gasteiger partial charge in [0.25, 0.3) is 5.56 Å². The van der Waals surface area contributed by atoms with E-state index in [0.717, 1.165) is 24.2 Å². The lowest BCUT2D eigenvalue weighted by Gasteiger charge is -2.19. The first-order valence-electron chi connectivity index (χ1n) is 5.33. The van der Waals surface area contributed by atoms with Gasteiger partial charge in [-0.15, -0.1) is 0 Å². The van der Waals surface area contributed by atoms with Gasteiger partial charge in [-0.25, -0.2) is 0 Å². The fourth-order valence-corrected chi connectivity index (χ4v) is 2.17. The quantitative estimate of drug-likeness (QED) is 0.740. The molecule has 0 atom stereocenters. The minimum Gasteiger partial charge on any atom is -0.323 e. The fraction of sp³-hybridized carbons (Fsp3) is 0.636. The molecule has 3 heteroatoms. The molecule has 1 aromatic rings. The maximum atomic E-state index is 11.6. The third kappa shape index (κ3) is 1.86. The van der Waals surface area contributed by atoms with E-state index in [2.05, 4.69) is 9.97 Å². The third-order valence-electron chi connectivity index (χ3n) is 2.93. The summed E-state index contributed by atoms with van der Waals surface area (Å²) in [5.41, 5.74) is 1.60. The average molecular weight is 192 g/mol. The minimum atomic E-state index is 0.0110. The van der Waals surface area contributed by atoms with Crippen molar-refractivity contribution in [2.45, 2.75) is 44.9 Å². The molecule has 1 heterocycles. The lowest BCUT2D eigenvalue weighted by Crippen LogP contribution is -2.20. The molecule has 2 rings (SSSR count). The molecule has 1 aliphatic rings. The summed E-state index contributed by atoms with van der Waals surface area (Å²) in [6, 6.07) is 0. The Hall–Kier alpha value is -1.12. The van der Waals surface area contributed by atoms with Gasteiger partial charge in [-0.2, -0.15) is 0 Å². The number of aromatic nitrogens is 2. The molecule has 0 saturated heterocycles. The predicted molar refractivity (Wildman–Crippen MR) is 55.4 cm³/mol. The zero-order valence-electron chi connectivity index (χ0n) is 8.55. The second-order valence-corrected chi connectivity index (χ2v) is 4.12. The molecule has 1 fully saturated rings. The molecule has 0 bridgehead atoms. The number of aryl methyl sites for hydroxylation is 1. The lowest BCUT2D eigenvalue weighted by molar-refractivity contribution is 0.433. The molecule has 0 spiro atoms. The Morgan fingerprint density at radius 3 is 2.71 bits per heavy atom. The molecular formula is C11H16N2O. The van der Waals surface area contributed by atoms with Gasteiger partial charge < -0.3 is 4.98 Å². The van der Waals surface area contributed by atoms with Crippen LogP contribution in [-0.4, -0.2) is 9.97 Å². The first-order valence-corrected chi connectivity index (χ1v) is 5.33. The molecule has 1 N–H and O–H groups in total. The van der Waals surface area contributed by atoms with Gasteiger partial charge in [0.05, 0.1) is 0 Å². The molecule has 0 aromatic carbocycles. The van der Waals surface area contributed by atoms with Crippen LogP contribution in [-0.2, 0) is 0 Å². The molecule has 76 valence electrons. The minimum absolute atomic E-state index is 0.0110. The molecule has 1 saturated carbocycles. The van der Waals surface area contributed by atoms with Crippen LogP contribution < -0.4 is 5.56 Å². The van der Waals surface area contributed by atoms with E-state index in [1.165, 1.54) is 19.3 Å². The summed E-state index contributed by atoms with van der Waals surface area (Å²) in [6.07, 6.45) is 7.78. The van der Waals surface area contributed by atoms with Crippen LogP contribution in [0.1, 0.15) is 49.4 Å². The van der Waals surface area contributed by atoms with E-state index in [1.807, 2.05) is 6.92 Å². The standard InChI is InChI=1S/C11H16N2O/c1-8-7-12-10(11(14)13-8)9-5-3-2-4-6-9/h7,9H,2-6H2,1H3,(H,13,14). The Bertz CT molecular complexity index is 364. The highest BCUT2D eigenvalue weighted by atomic mass is 16.1. The van der Waals surface area contributed by atoms with Crippen LogP contribution in [0.5, 0.6) is 0 Å². The second-order valence-electron chi connectivity index (χ2n) is 4.12. The largest absolute Gasteiger partial charge is 0.323 e. The second kappa shape index (κ2) is 3.95. The number of rotatable bonds is 1. The van der Waals surface area contributed by atoms with Crippen molar-refractivity contribution >= 4 is 0 Å². The monoisotopic (exact) mass is 192 g/mol.